The predicted octanol–water partition coefficient (Wildman–Crippen LogP) is 5.36. The highest BCUT2D eigenvalue weighted by Crippen LogP contribution is 2.54. The Balaban J connectivity index is 1.35. The minimum Gasteiger partial charge on any atom is -0.340 e. The molecule has 2 aliphatic heterocycles. The van der Waals surface area contributed by atoms with E-state index in [1.807, 2.05) is 0 Å². The van der Waals surface area contributed by atoms with Gasteiger partial charge in [-0.15, -0.1) is 0 Å². The fraction of sp³-hybridized carbons (Fsp3) is 0.567. The first-order chi connectivity index (χ1) is 16.3. The van der Waals surface area contributed by atoms with Gasteiger partial charge in [0.15, 0.2) is 0 Å². The first-order valence-corrected chi connectivity index (χ1v) is 13.2. The van der Waals surface area contributed by atoms with E-state index in [4.69, 9.17) is 0 Å². The van der Waals surface area contributed by atoms with Crippen LogP contribution in [-0.4, -0.2) is 59.4 Å². The summed E-state index contributed by atoms with van der Waals surface area (Å²) >= 11 is 0. The van der Waals surface area contributed by atoms with E-state index in [1.165, 1.54) is 24.8 Å². The Kier molecular flexibility index (Phi) is 6.56. The zero-order valence-electron chi connectivity index (χ0n) is 21.2. The quantitative estimate of drug-likeness (QED) is 0.602. The van der Waals surface area contributed by atoms with Gasteiger partial charge in [0.25, 0.3) is 0 Å². The molecule has 3 aliphatic rings. The van der Waals surface area contributed by atoms with Gasteiger partial charge < -0.3 is 4.90 Å². The van der Waals surface area contributed by atoms with Crippen LogP contribution >= 0.6 is 0 Å². The normalized spacial score (nSPS) is 28.4. The molecule has 2 aromatic carbocycles. The third kappa shape index (κ3) is 5.08. The summed E-state index contributed by atoms with van der Waals surface area (Å²) in [6, 6.07) is 21.6. The van der Waals surface area contributed by atoms with Crippen molar-refractivity contribution < 1.29 is 4.79 Å². The van der Waals surface area contributed by atoms with Gasteiger partial charge in [-0.1, -0.05) is 81.4 Å². The zero-order chi connectivity index (χ0) is 23.8. The molecule has 2 aromatic rings. The number of hydrogen-bond acceptors (Lipinski definition) is 3. The van der Waals surface area contributed by atoms with Crippen molar-refractivity contribution in [2.24, 2.45) is 10.8 Å². The van der Waals surface area contributed by atoms with Crippen molar-refractivity contribution in [2.75, 3.05) is 32.7 Å². The van der Waals surface area contributed by atoms with Crippen LogP contribution in [-0.2, 0) is 11.3 Å². The Morgan fingerprint density at radius 3 is 2.35 bits per heavy atom. The van der Waals surface area contributed by atoms with Crippen LogP contribution < -0.4 is 0 Å². The number of benzene rings is 2. The summed E-state index contributed by atoms with van der Waals surface area (Å²) in [7, 11) is 0. The molecule has 3 fully saturated rings. The Labute approximate surface area is 205 Å². The Morgan fingerprint density at radius 1 is 0.912 bits per heavy atom. The van der Waals surface area contributed by atoms with Crippen LogP contribution in [0.4, 0.5) is 0 Å². The fourth-order valence-electron chi connectivity index (χ4n) is 7.28. The van der Waals surface area contributed by atoms with Crippen LogP contribution in [0.1, 0.15) is 63.6 Å². The van der Waals surface area contributed by atoms with Crippen LogP contribution in [0.25, 0.3) is 0 Å². The average molecular weight is 460 g/mol. The second-order valence-corrected chi connectivity index (χ2v) is 12.1. The van der Waals surface area contributed by atoms with Crippen LogP contribution in [0.5, 0.6) is 0 Å². The summed E-state index contributed by atoms with van der Waals surface area (Å²) in [5, 5.41) is 0. The smallest absolute Gasteiger partial charge is 0.244 e. The van der Waals surface area contributed by atoms with Gasteiger partial charge in [0.2, 0.25) is 5.91 Å². The largest absolute Gasteiger partial charge is 0.340 e. The zero-order valence-corrected chi connectivity index (χ0v) is 21.2. The van der Waals surface area contributed by atoms with Crippen LogP contribution in [0.2, 0.25) is 0 Å². The predicted molar refractivity (Wildman–Crippen MR) is 138 cm³/mol. The highest BCUT2D eigenvalue weighted by Gasteiger charge is 2.52. The monoisotopic (exact) mass is 459 g/mol. The molecule has 0 aromatic heterocycles. The number of likely N-dealkylation sites (tertiary alicyclic amines) is 1. The second-order valence-electron chi connectivity index (χ2n) is 12.1. The fourth-order valence-corrected chi connectivity index (χ4v) is 7.28. The molecule has 4 nitrogen and oxygen atoms in total. The van der Waals surface area contributed by atoms with Gasteiger partial charge in [-0.05, 0) is 47.6 Å². The third-order valence-electron chi connectivity index (χ3n) is 8.29. The van der Waals surface area contributed by atoms with Gasteiger partial charge in [0, 0.05) is 45.3 Å². The summed E-state index contributed by atoms with van der Waals surface area (Å²) in [5.74, 6) is 0.307. The lowest BCUT2D eigenvalue weighted by Crippen LogP contribution is -2.46. The number of fused-ring (bicyclic) bond motifs is 2. The summed E-state index contributed by atoms with van der Waals surface area (Å²) in [6.45, 7) is 12.9. The summed E-state index contributed by atoms with van der Waals surface area (Å²) in [6.07, 6.45) is 4.69. The Morgan fingerprint density at radius 2 is 1.62 bits per heavy atom. The first-order valence-electron chi connectivity index (χ1n) is 13.2. The Bertz CT molecular complexity index is 975. The van der Waals surface area contributed by atoms with E-state index in [9.17, 15) is 4.79 Å². The molecule has 0 spiro atoms. The molecule has 1 amide bonds. The molecule has 2 bridgehead atoms. The van der Waals surface area contributed by atoms with Gasteiger partial charge >= 0.3 is 0 Å². The molecule has 1 saturated carbocycles. The molecule has 3 atom stereocenters. The average Bonchev–Trinajstić information content (AvgIpc) is 2.93. The lowest BCUT2D eigenvalue weighted by atomic mass is 9.65. The van der Waals surface area contributed by atoms with Crippen molar-refractivity contribution in [1.82, 2.24) is 14.7 Å². The first kappa shape index (κ1) is 23.6. The van der Waals surface area contributed by atoms with E-state index in [0.717, 1.165) is 51.3 Å². The van der Waals surface area contributed by atoms with E-state index in [0.29, 0.717) is 22.8 Å². The molecule has 0 radical (unpaired) electrons. The van der Waals surface area contributed by atoms with Crippen LogP contribution in [0.15, 0.2) is 60.7 Å². The standard InChI is InChI=1S/C30H41N3O/c1-29(2)19-26-20-30(3,22-29)23-33(26)27(25-13-8-5-9-14-25)28(34)32-16-10-15-31(17-18-32)21-24-11-6-4-7-12-24/h4-9,11-14,26-27H,10,15-23H2,1-3H3. The number of nitrogens with zero attached hydrogens (tertiary/aromatic N) is 3. The minimum absolute atomic E-state index is 0.164. The van der Waals surface area contributed by atoms with Gasteiger partial charge in [-0.3, -0.25) is 14.6 Å². The summed E-state index contributed by atoms with van der Waals surface area (Å²) in [4.78, 5) is 21.5. The molecule has 2 heterocycles. The number of hydrogen-bond donors (Lipinski definition) is 0. The van der Waals surface area contributed by atoms with Crippen molar-refractivity contribution in [1.29, 1.82) is 0 Å². The van der Waals surface area contributed by atoms with E-state index < -0.39 is 0 Å². The molecular weight excluding hydrogens is 418 g/mol. The van der Waals surface area contributed by atoms with Crippen molar-refractivity contribution in [3.8, 4) is 0 Å². The highest BCUT2D eigenvalue weighted by atomic mass is 16.2. The molecule has 182 valence electrons. The van der Waals surface area contributed by atoms with E-state index in [-0.39, 0.29) is 6.04 Å². The van der Waals surface area contributed by atoms with Crippen molar-refractivity contribution in [3.05, 3.63) is 71.8 Å². The molecule has 2 saturated heterocycles. The van der Waals surface area contributed by atoms with Crippen LogP contribution in [0, 0.1) is 10.8 Å². The molecular formula is C30H41N3O. The van der Waals surface area contributed by atoms with Gasteiger partial charge in [-0.25, -0.2) is 0 Å². The molecule has 5 rings (SSSR count). The van der Waals surface area contributed by atoms with Gasteiger partial charge in [-0.2, -0.15) is 0 Å². The lowest BCUT2D eigenvalue weighted by Gasteiger charge is -2.40. The maximum atomic E-state index is 14.2. The SMILES string of the molecule is CC1(C)CC2CC(C)(CN2C(C(=O)N2CCCN(Cc3ccccc3)CC2)c2ccccc2)C1. The minimum atomic E-state index is -0.164. The number of rotatable bonds is 5. The van der Waals surface area contributed by atoms with Crippen LogP contribution in [0.3, 0.4) is 0 Å². The van der Waals surface area contributed by atoms with E-state index in [1.54, 1.807) is 0 Å². The number of carbonyl (C=O) groups excluding carboxylic acids is 1. The van der Waals surface area contributed by atoms with E-state index >= 15 is 0 Å². The maximum Gasteiger partial charge on any atom is 0.244 e. The molecule has 34 heavy (non-hydrogen) atoms. The summed E-state index contributed by atoms with van der Waals surface area (Å²) in [5.41, 5.74) is 3.17. The highest BCUT2D eigenvalue weighted by molar-refractivity contribution is 5.83. The third-order valence-corrected chi connectivity index (χ3v) is 8.29. The molecule has 4 heteroatoms. The topological polar surface area (TPSA) is 26.8 Å². The van der Waals surface area contributed by atoms with Crippen molar-refractivity contribution in [2.45, 2.75) is 65.1 Å². The van der Waals surface area contributed by atoms with Gasteiger partial charge in [0.1, 0.15) is 6.04 Å². The maximum absolute atomic E-state index is 14.2. The molecule has 0 N–H and O–H groups in total. The van der Waals surface area contributed by atoms with Crippen molar-refractivity contribution in [3.63, 3.8) is 0 Å². The molecule has 1 aliphatic carbocycles. The lowest BCUT2D eigenvalue weighted by molar-refractivity contribution is -0.137. The number of carbonyl (C=O) groups is 1. The number of amides is 1. The van der Waals surface area contributed by atoms with Gasteiger partial charge in [0.05, 0.1) is 0 Å². The van der Waals surface area contributed by atoms with Crippen molar-refractivity contribution >= 4 is 5.91 Å². The summed E-state index contributed by atoms with van der Waals surface area (Å²) < 4.78 is 0. The molecule has 3 unspecified atom stereocenters. The Hall–Kier alpha value is -2.17. The van der Waals surface area contributed by atoms with E-state index in [2.05, 4.69) is 96.1 Å². The second kappa shape index (κ2) is 9.47.